The van der Waals surface area contributed by atoms with Gasteiger partial charge in [-0.05, 0) is 79.9 Å². The molecule has 8 rings (SSSR count). The van der Waals surface area contributed by atoms with Crippen LogP contribution in [0.25, 0.3) is 21.5 Å². The molecule has 0 spiro atoms. The van der Waals surface area contributed by atoms with Crippen molar-refractivity contribution in [2.75, 3.05) is 0 Å². The number of hydrogen-bond acceptors (Lipinski definition) is 0. The summed E-state index contributed by atoms with van der Waals surface area (Å²) in [5, 5.41) is 5.07. The third-order valence-corrected chi connectivity index (χ3v) is 10.5. The molecular formula is C48H38. The van der Waals surface area contributed by atoms with Gasteiger partial charge in [0.25, 0.3) is 0 Å². The Morgan fingerprint density at radius 3 is 0.792 bits per heavy atom. The minimum Gasteiger partial charge on any atom is -0.0622 e. The minimum absolute atomic E-state index is 0.733. The predicted octanol–water partition coefficient (Wildman–Crippen LogP) is 12.0. The maximum absolute atomic E-state index is 2.41. The maximum atomic E-state index is 2.41. The molecule has 0 saturated carbocycles. The van der Waals surface area contributed by atoms with Crippen LogP contribution >= 0.6 is 0 Å². The molecule has 0 fully saturated rings. The lowest BCUT2D eigenvalue weighted by atomic mass is 9.46. The molecule has 8 aromatic rings. The largest absolute Gasteiger partial charge is 0.0635 e. The van der Waals surface area contributed by atoms with Crippen molar-refractivity contribution in [2.24, 2.45) is 0 Å². The highest BCUT2D eigenvalue weighted by molar-refractivity contribution is 5.95. The predicted molar refractivity (Wildman–Crippen MR) is 203 cm³/mol. The molecule has 0 N–H and O–H groups in total. The summed E-state index contributed by atoms with van der Waals surface area (Å²) in [7, 11) is 0. The van der Waals surface area contributed by atoms with E-state index < -0.39 is 10.8 Å². The zero-order valence-corrected chi connectivity index (χ0v) is 27.5. The van der Waals surface area contributed by atoms with Gasteiger partial charge >= 0.3 is 0 Å². The molecule has 0 amide bonds. The molecule has 48 heavy (non-hydrogen) atoms. The van der Waals surface area contributed by atoms with E-state index in [1.165, 1.54) is 66.1 Å². The van der Waals surface area contributed by atoms with Crippen molar-refractivity contribution in [3.8, 4) is 0 Å². The lowest BCUT2D eigenvalue weighted by Gasteiger charge is -2.54. The van der Waals surface area contributed by atoms with Crippen molar-refractivity contribution in [3.63, 3.8) is 0 Å². The highest BCUT2D eigenvalue weighted by Crippen LogP contribution is 2.62. The standard InChI is InChI=1S/C48H38/c1-35-31-33-45(43-29-17-15-27-41(35)43)47(37-19-7-3-8-20-37,38-21-9-4-10-22-38)48(39-23-11-5-12-24-39,40-25-13-6-14-26-40)46-34-32-36(2)42-28-16-18-30-44(42)46/h3-34H,1-2H3. The third-order valence-electron chi connectivity index (χ3n) is 10.5. The number of fused-ring (bicyclic) bond motifs is 2. The molecule has 8 aromatic carbocycles. The summed E-state index contributed by atoms with van der Waals surface area (Å²) in [4.78, 5) is 0. The fourth-order valence-corrected chi connectivity index (χ4v) is 8.53. The fraction of sp³-hybridized carbons (Fsp3) is 0.0833. The molecule has 0 aliphatic carbocycles. The first-order valence-corrected chi connectivity index (χ1v) is 16.9. The summed E-state index contributed by atoms with van der Waals surface area (Å²) < 4.78 is 0. The lowest BCUT2D eigenvalue weighted by Crippen LogP contribution is -2.53. The van der Waals surface area contributed by atoms with Crippen molar-refractivity contribution in [1.82, 2.24) is 0 Å². The quantitative estimate of drug-likeness (QED) is 0.157. The van der Waals surface area contributed by atoms with Gasteiger partial charge in [-0.2, -0.15) is 0 Å². The summed E-state index contributed by atoms with van der Waals surface area (Å²) >= 11 is 0. The fourth-order valence-electron chi connectivity index (χ4n) is 8.53. The normalized spacial score (nSPS) is 12.0. The van der Waals surface area contributed by atoms with Gasteiger partial charge in [-0.15, -0.1) is 0 Å². The molecule has 0 nitrogen and oxygen atoms in total. The molecule has 0 unspecified atom stereocenters. The van der Waals surface area contributed by atoms with Crippen LogP contribution in [0.2, 0.25) is 0 Å². The number of rotatable bonds is 7. The van der Waals surface area contributed by atoms with E-state index in [1.54, 1.807) is 0 Å². The number of benzene rings is 8. The number of aryl methyl sites for hydroxylation is 2. The molecule has 0 aromatic heterocycles. The average molecular weight is 615 g/mol. The van der Waals surface area contributed by atoms with Gasteiger partial charge in [0.2, 0.25) is 0 Å². The van der Waals surface area contributed by atoms with Crippen LogP contribution in [0.3, 0.4) is 0 Å². The van der Waals surface area contributed by atoms with E-state index in [0.29, 0.717) is 0 Å². The zero-order chi connectivity index (χ0) is 32.6. The molecule has 0 bridgehead atoms. The van der Waals surface area contributed by atoms with Gasteiger partial charge in [-0.3, -0.25) is 0 Å². The molecule has 0 atom stereocenters. The highest BCUT2D eigenvalue weighted by atomic mass is 14.6. The Bertz CT molecular complexity index is 2090. The van der Waals surface area contributed by atoms with Crippen LogP contribution in [0.15, 0.2) is 194 Å². The maximum Gasteiger partial charge on any atom is 0.0635 e. The molecule has 0 saturated heterocycles. The Hall–Kier alpha value is -5.72. The summed E-state index contributed by atoms with van der Waals surface area (Å²) in [6.07, 6.45) is 0. The highest BCUT2D eigenvalue weighted by Gasteiger charge is 2.58. The minimum atomic E-state index is -0.733. The van der Waals surface area contributed by atoms with E-state index in [9.17, 15) is 0 Å². The molecule has 0 aliphatic heterocycles. The summed E-state index contributed by atoms with van der Waals surface area (Å²) in [6.45, 7) is 4.46. The first-order chi connectivity index (χ1) is 23.7. The Morgan fingerprint density at radius 1 is 0.250 bits per heavy atom. The molecule has 0 heterocycles. The molecule has 0 radical (unpaired) electrons. The zero-order valence-electron chi connectivity index (χ0n) is 27.5. The second-order valence-corrected chi connectivity index (χ2v) is 12.9. The monoisotopic (exact) mass is 614 g/mol. The van der Waals surface area contributed by atoms with Gasteiger partial charge in [-0.1, -0.05) is 194 Å². The Balaban J connectivity index is 1.75. The second-order valence-electron chi connectivity index (χ2n) is 12.9. The van der Waals surface area contributed by atoms with Crippen molar-refractivity contribution in [2.45, 2.75) is 24.7 Å². The summed E-state index contributed by atoms with van der Waals surface area (Å²) in [5.41, 5.74) is 8.59. The molecule has 230 valence electrons. The van der Waals surface area contributed by atoms with Gasteiger partial charge in [0.1, 0.15) is 0 Å². The topological polar surface area (TPSA) is 0 Å². The summed E-state index contributed by atoms with van der Waals surface area (Å²) in [5.74, 6) is 0. The van der Waals surface area contributed by atoms with Gasteiger partial charge in [-0.25, -0.2) is 0 Å². The van der Waals surface area contributed by atoms with E-state index in [4.69, 9.17) is 0 Å². The van der Waals surface area contributed by atoms with Crippen LogP contribution in [-0.2, 0) is 10.8 Å². The van der Waals surface area contributed by atoms with Crippen LogP contribution < -0.4 is 0 Å². The smallest absolute Gasteiger partial charge is 0.0622 e. The Labute approximate surface area is 284 Å². The van der Waals surface area contributed by atoms with Crippen molar-refractivity contribution in [1.29, 1.82) is 0 Å². The molecule has 0 heteroatoms. The van der Waals surface area contributed by atoms with Gasteiger partial charge in [0.05, 0.1) is 10.8 Å². The van der Waals surface area contributed by atoms with E-state index in [2.05, 4.69) is 208 Å². The van der Waals surface area contributed by atoms with Crippen LogP contribution in [-0.4, -0.2) is 0 Å². The Kier molecular flexibility index (Phi) is 7.50. The Morgan fingerprint density at radius 2 is 0.500 bits per heavy atom. The van der Waals surface area contributed by atoms with Gasteiger partial charge < -0.3 is 0 Å². The first-order valence-electron chi connectivity index (χ1n) is 16.9. The van der Waals surface area contributed by atoms with Crippen LogP contribution in [0.5, 0.6) is 0 Å². The van der Waals surface area contributed by atoms with Crippen molar-refractivity contribution < 1.29 is 0 Å². The van der Waals surface area contributed by atoms with Gasteiger partial charge in [0.15, 0.2) is 0 Å². The van der Waals surface area contributed by atoms with E-state index in [1.807, 2.05) is 0 Å². The average Bonchev–Trinajstić information content (AvgIpc) is 3.16. The van der Waals surface area contributed by atoms with E-state index in [0.717, 1.165) is 0 Å². The van der Waals surface area contributed by atoms with E-state index >= 15 is 0 Å². The third kappa shape index (κ3) is 4.37. The lowest BCUT2D eigenvalue weighted by molar-refractivity contribution is 0.425. The van der Waals surface area contributed by atoms with E-state index in [-0.39, 0.29) is 0 Å². The molecule has 0 aliphatic rings. The number of hydrogen-bond donors (Lipinski definition) is 0. The second kappa shape index (κ2) is 12.1. The van der Waals surface area contributed by atoms with Crippen molar-refractivity contribution >= 4 is 21.5 Å². The van der Waals surface area contributed by atoms with Crippen LogP contribution in [0.1, 0.15) is 44.5 Å². The van der Waals surface area contributed by atoms with Crippen LogP contribution in [0, 0.1) is 13.8 Å². The first kappa shape index (κ1) is 29.7. The van der Waals surface area contributed by atoms with Crippen LogP contribution in [0.4, 0.5) is 0 Å². The van der Waals surface area contributed by atoms with Crippen molar-refractivity contribution in [3.05, 3.63) is 239 Å². The molecular weight excluding hydrogens is 577 g/mol. The summed E-state index contributed by atoms with van der Waals surface area (Å²) in [6, 6.07) is 72.4. The SMILES string of the molecule is Cc1ccc(C(c2ccccc2)(c2ccccc2)C(c2ccccc2)(c2ccccc2)c2ccc(C)c3ccccc23)c2ccccc12. The van der Waals surface area contributed by atoms with Gasteiger partial charge in [0, 0.05) is 0 Å².